The summed E-state index contributed by atoms with van der Waals surface area (Å²) in [7, 11) is 1.33. The highest BCUT2D eigenvalue weighted by Crippen LogP contribution is 2.38. The van der Waals surface area contributed by atoms with Crippen LogP contribution >= 0.6 is 0 Å². The molecular weight excluding hydrogens is 330 g/mol. The summed E-state index contributed by atoms with van der Waals surface area (Å²) in [6.45, 7) is 2.07. The van der Waals surface area contributed by atoms with Gasteiger partial charge in [-0.2, -0.15) is 4.39 Å². The summed E-state index contributed by atoms with van der Waals surface area (Å²) in [5.41, 5.74) is 2.26. The van der Waals surface area contributed by atoms with Crippen molar-refractivity contribution in [2.24, 2.45) is 5.92 Å². The molecule has 0 spiro atoms. The molecular formula is C23H26F2O. The van der Waals surface area contributed by atoms with E-state index < -0.39 is 11.6 Å². The second-order valence-corrected chi connectivity index (χ2v) is 7.09. The van der Waals surface area contributed by atoms with Crippen LogP contribution in [0.5, 0.6) is 5.75 Å². The van der Waals surface area contributed by atoms with Crippen LogP contribution in [0.25, 0.3) is 11.1 Å². The van der Waals surface area contributed by atoms with Crippen LogP contribution in [0.3, 0.4) is 0 Å². The van der Waals surface area contributed by atoms with Crippen molar-refractivity contribution in [3.63, 3.8) is 0 Å². The Morgan fingerprint density at radius 3 is 2.27 bits per heavy atom. The van der Waals surface area contributed by atoms with Crippen molar-refractivity contribution in [1.82, 2.24) is 0 Å². The standard InChI is InChI=1S/C23H26F2O/c1-3-4-5-16-6-8-17(9-7-16)18-10-12-19(13-11-18)20-14-15-21(26-2)23(25)22(20)24/h3-4,10-17H,5-9H2,1-2H3/b4-3-. The average molecular weight is 356 g/mol. The van der Waals surface area contributed by atoms with E-state index in [0.29, 0.717) is 11.5 Å². The molecule has 3 heteroatoms. The van der Waals surface area contributed by atoms with E-state index in [9.17, 15) is 8.78 Å². The zero-order valence-electron chi connectivity index (χ0n) is 15.5. The van der Waals surface area contributed by atoms with Gasteiger partial charge in [-0.15, -0.1) is 0 Å². The van der Waals surface area contributed by atoms with Crippen LogP contribution in [-0.4, -0.2) is 7.11 Å². The number of hydrogen-bond acceptors (Lipinski definition) is 1. The molecule has 0 bridgehead atoms. The van der Waals surface area contributed by atoms with E-state index in [1.54, 1.807) is 6.07 Å². The number of rotatable bonds is 5. The summed E-state index contributed by atoms with van der Waals surface area (Å²) >= 11 is 0. The summed E-state index contributed by atoms with van der Waals surface area (Å²) < 4.78 is 33.0. The number of methoxy groups -OCH3 is 1. The van der Waals surface area contributed by atoms with Gasteiger partial charge in [0, 0.05) is 5.56 Å². The smallest absolute Gasteiger partial charge is 0.201 e. The Balaban J connectivity index is 1.71. The summed E-state index contributed by atoms with van der Waals surface area (Å²) in [6.07, 6.45) is 10.5. The van der Waals surface area contributed by atoms with Gasteiger partial charge in [0.15, 0.2) is 11.6 Å². The molecule has 0 N–H and O–H groups in total. The van der Waals surface area contributed by atoms with Gasteiger partial charge in [0.25, 0.3) is 0 Å². The van der Waals surface area contributed by atoms with Gasteiger partial charge in [0.1, 0.15) is 0 Å². The topological polar surface area (TPSA) is 9.23 Å². The molecule has 1 aliphatic carbocycles. The third-order valence-corrected chi connectivity index (χ3v) is 5.51. The van der Waals surface area contributed by atoms with Crippen LogP contribution in [0.15, 0.2) is 48.6 Å². The first-order valence-electron chi connectivity index (χ1n) is 9.37. The maximum atomic E-state index is 14.3. The molecule has 2 aromatic carbocycles. The fourth-order valence-electron chi connectivity index (χ4n) is 3.91. The molecule has 1 saturated carbocycles. The van der Waals surface area contributed by atoms with Crippen molar-refractivity contribution in [1.29, 1.82) is 0 Å². The largest absolute Gasteiger partial charge is 0.494 e. The van der Waals surface area contributed by atoms with Crippen LogP contribution in [0.1, 0.15) is 50.5 Å². The molecule has 0 heterocycles. The van der Waals surface area contributed by atoms with E-state index in [-0.39, 0.29) is 11.3 Å². The van der Waals surface area contributed by atoms with Gasteiger partial charge in [-0.3, -0.25) is 0 Å². The van der Waals surface area contributed by atoms with Crippen molar-refractivity contribution >= 4 is 0 Å². The van der Waals surface area contributed by atoms with Gasteiger partial charge < -0.3 is 4.74 Å². The van der Waals surface area contributed by atoms with E-state index >= 15 is 0 Å². The zero-order chi connectivity index (χ0) is 18.5. The number of ether oxygens (including phenoxy) is 1. The van der Waals surface area contributed by atoms with Crippen molar-refractivity contribution in [3.05, 3.63) is 65.7 Å². The van der Waals surface area contributed by atoms with Crippen LogP contribution < -0.4 is 4.74 Å². The lowest BCUT2D eigenvalue weighted by molar-refractivity contribution is 0.328. The molecule has 0 saturated heterocycles. The predicted molar refractivity (Wildman–Crippen MR) is 102 cm³/mol. The van der Waals surface area contributed by atoms with Crippen molar-refractivity contribution in [2.75, 3.05) is 7.11 Å². The van der Waals surface area contributed by atoms with Gasteiger partial charge in [-0.05, 0) is 74.1 Å². The van der Waals surface area contributed by atoms with Crippen molar-refractivity contribution in [3.8, 4) is 16.9 Å². The summed E-state index contributed by atoms with van der Waals surface area (Å²) in [6, 6.07) is 10.9. The third kappa shape index (κ3) is 3.98. The van der Waals surface area contributed by atoms with Gasteiger partial charge in [0.05, 0.1) is 7.11 Å². The average Bonchev–Trinajstić information content (AvgIpc) is 2.69. The SMILES string of the molecule is C/C=C\CC1CCC(c2ccc(-c3ccc(OC)c(F)c3F)cc2)CC1. The van der Waals surface area contributed by atoms with E-state index in [0.717, 1.165) is 5.92 Å². The normalized spacial score (nSPS) is 20.5. The fourth-order valence-corrected chi connectivity index (χ4v) is 3.91. The number of allylic oxidation sites excluding steroid dienone is 2. The molecule has 1 nitrogen and oxygen atoms in total. The van der Waals surface area contributed by atoms with Crippen LogP contribution in [0.2, 0.25) is 0 Å². The lowest BCUT2D eigenvalue weighted by Crippen LogP contribution is -2.12. The third-order valence-electron chi connectivity index (χ3n) is 5.51. The van der Waals surface area contributed by atoms with E-state index in [2.05, 4.69) is 31.2 Å². The van der Waals surface area contributed by atoms with E-state index in [1.165, 1.54) is 50.8 Å². The Hall–Kier alpha value is -2.16. The molecule has 138 valence electrons. The first kappa shape index (κ1) is 18.6. The minimum absolute atomic E-state index is 0.0717. The van der Waals surface area contributed by atoms with Gasteiger partial charge in [-0.1, -0.05) is 36.4 Å². The van der Waals surface area contributed by atoms with Gasteiger partial charge >= 0.3 is 0 Å². The molecule has 0 aliphatic heterocycles. The second kappa shape index (κ2) is 8.48. The second-order valence-electron chi connectivity index (χ2n) is 7.09. The summed E-state index contributed by atoms with van der Waals surface area (Å²) in [4.78, 5) is 0. The highest BCUT2D eigenvalue weighted by molar-refractivity contribution is 5.65. The monoisotopic (exact) mass is 356 g/mol. The first-order chi connectivity index (χ1) is 12.6. The molecule has 0 atom stereocenters. The summed E-state index contributed by atoms with van der Waals surface area (Å²) in [5, 5.41) is 0. The van der Waals surface area contributed by atoms with Crippen LogP contribution in [-0.2, 0) is 0 Å². The highest BCUT2D eigenvalue weighted by Gasteiger charge is 2.22. The Labute approximate surface area is 154 Å². The molecule has 26 heavy (non-hydrogen) atoms. The van der Waals surface area contributed by atoms with E-state index in [4.69, 9.17) is 4.74 Å². The quantitative estimate of drug-likeness (QED) is 0.531. The Bertz CT molecular complexity index is 757. The zero-order valence-corrected chi connectivity index (χ0v) is 15.5. The van der Waals surface area contributed by atoms with E-state index in [1.807, 2.05) is 12.1 Å². The Morgan fingerprint density at radius 1 is 0.962 bits per heavy atom. The molecule has 2 aromatic rings. The molecule has 0 unspecified atom stereocenters. The maximum Gasteiger partial charge on any atom is 0.201 e. The molecule has 1 aliphatic rings. The number of hydrogen-bond donors (Lipinski definition) is 0. The Kier molecular flexibility index (Phi) is 6.08. The molecule has 3 rings (SSSR count). The van der Waals surface area contributed by atoms with Crippen LogP contribution in [0.4, 0.5) is 8.78 Å². The Morgan fingerprint density at radius 2 is 1.65 bits per heavy atom. The predicted octanol–water partition coefficient (Wildman–Crippen LogP) is 6.88. The molecule has 0 radical (unpaired) electrons. The fraction of sp³-hybridized carbons (Fsp3) is 0.391. The van der Waals surface area contributed by atoms with Crippen molar-refractivity contribution < 1.29 is 13.5 Å². The van der Waals surface area contributed by atoms with Crippen LogP contribution in [0, 0.1) is 17.6 Å². The first-order valence-corrected chi connectivity index (χ1v) is 9.37. The minimum Gasteiger partial charge on any atom is -0.494 e. The lowest BCUT2D eigenvalue weighted by atomic mass is 9.77. The van der Waals surface area contributed by atoms with Crippen molar-refractivity contribution in [2.45, 2.75) is 44.9 Å². The lowest BCUT2D eigenvalue weighted by Gasteiger charge is -2.28. The molecule has 0 amide bonds. The number of benzene rings is 2. The number of halogens is 2. The summed E-state index contributed by atoms with van der Waals surface area (Å²) in [5.74, 6) is -0.492. The molecule has 0 aromatic heterocycles. The highest BCUT2D eigenvalue weighted by atomic mass is 19.2. The maximum absolute atomic E-state index is 14.3. The van der Waals surface area contributed by atoms with Gasteiger partial charge in [-0.25, -0.2) is 4.39 Å². The van der Waals surface area contributed by atoms with Gasteiger partial charge in [0.2, 0.25) is 5.82 Å². The minimum atomic E-state index is -0.937. The molecule has 1 fully saturated rings.